The Kier molecular flexibility index (Phi) is 5.58. The standard InChI is InChI=1S/C18H14F2N4O4/c19-18(20)28-15-6-4-12(5-7-15)11-21-17(25)16-8-9-23(22-16)13-2-1-3-14(10-13)24(26)27/h1-10,18H,11H2,(H,21,25). The van der Waals surface area contributed by atoms with Crippen LogP contribution in [0, 0.1) is 10.1 Å². The third-order valence-corrected chi connectivity index (χ3v) is 3.73. The Hall–Kier alpha value is -3.82. The highest BCUT2D eigenvalue weighted by Gasteiger charge is 2.12. The number of carbonyl (C=O) groups is 1. The third-order valence-electron chi connectivity index (χ3n) is 3.73. The van der Waals surface area contributed by atoms with Gasteiger partial charge in [-0.3, -0.25) is 14.9 Å². The molecule has 8 nitrogen and oxygen atoms in total. The smallest absolute Gasteiger partial charge is 0.387 e. The SMILES string of the molecule is O=C(NCc1ccc(OC(F)F)cc1)c1ccn(-c2cccc([N+](=O)[O-])c2)n1. The van der Waals surface area contributed by atoms with E-state index in [2.05, 4.69) is 15.2 Å². The fourth-order valence-corrected chi connectivity index (χ4v) is 2.40. The molecule has 144 valence electrons. The molecule has 3 aromatic rings. The van der Waals surface area contributed by atoms with E-state index < -0.39 is 17.4 Å². The molecule has 0 spiro atoms. The van der Waals surface area contributed by atoms with Crippen molar-refractivity contribution in [2.45, 2.75) is 13.2 Å². The highest BCUT2D eigenvalue weighted by Crippen LogP contribution is 2.17. The van der Waals surface area contributed by atoms with Crippen LogP contribution in [-0.4, -0.2) is 27.2 Å². The number of halogens is 2. The van der Waals surface area contributed by atoms with Gasteiger partial charge in [0.2, 0.25) is 0 Å². The first-order valence-electron chi connectivity index (χ1n) is 8.05. The zero-order valence-electron chi connectivity index (χ0n) is 14.3. The lowest BCUT2D eigenvalue weighted by atomic mass is 10.2. The molecule has 1 N–H and O–H groups in total. The van der Waals surface area contributed by atoms with Gasteiger partial charge in [-0.25, -0.2) is 4.68 Å². The van der Waals surface area contributed by atoms with Crippen molar-refractivity contribution in [1.82, 2.24) is 15.1 Å². The van der Waals surface area contributed by atoms with Crippen LogP contribution in [0.15, 0.2) is 60.8 Å². The number of aromatic nitrogens is 2. The number of benzene rings is 2. The van der Waals surface area contributed by atoms with Crippen molar-refractivity contribution in [2.24, 2.45) is 0 Å². The minimum absolute atomic E-state index is 0.0285. The van der Waals surface area contributed by atoms with Gasteiger partial charge in [-0.15, -0.1) is 0 Å². The van der Waals surface area contributed by atoms with Gasteiger partial charge >= 0.3 is 6.61 Å². The summed E-state index contributed by atoms with van der Waals surface area (Å²) in [5, 5.41) is 17.6. The van der Waals surface area contributed by atoms with E-state index in [1.54, 1.807) is 18.2 Å². The Morgan fingerprint density at radius 1 is 1.21 bits per heavy atom. The number of ether oxygens (including phenoxy) is 1. The second-order valence-corrected chi connectivity index (χ2v) is 5.63. The summed E-state index contributed by atoms with van der Waals surface area (Å²) in [6, 6.07) is 13.2. The topological polar surface area (TPSA) is 99.3 Å². The van der Waals surface area contributed by atoms with E-state index in [0.29, 0.717) is 11.3 Å². The Morgan fingerprint density at radius 2 is 1.96 bits per heavy atom. The molecule has 1 heterocycles. The van der Waals surface area contributed by atoms with Crippen LogP contribution in [0.25, 0.3) is 5.69 Å². The van der Waals surface area contributed by atoms with E-state index in [1.165, 1.54) is 47.3 Å². The maximum atomic E-state index is 12.2. The second kappa shape index (κ2) is 8.25. The van der Waals surface area contributed by atoms with E-state index in [9.17, 15) is 23.7 Å². The Bertz CT molecular complexity index is 989. The van der Waals surface area contributed by atoms with Gasteiger partial charge < -0.3 is 10.1 Å². The molecule has 0 aliphatic heterocycles. The number of nitro groups is 1. The number of non-ortho nitro benzene ring substituents is 1. The van der Waals surface area contributed by atoms with E-state index in [1.807, 2.05) is 0 Å². The molecule has 1 amide bonds. The summed E-state index contributed by atoms with van der Waals surface area (Å²) in [6.07, 6.45) is 1.52. The van der Waals surface area contributed by atoms with Crippen LogP contribution in [0.1, 0.15) is 16.1 Å². The number of nitrogens with one attached hydrogen (secondary N) is 1. The van der Waals surface area contributed by atoms with Crippen molar-refractivity contribution in [2.75, 3.05) is 0 Å². The molecule has 28 heavy (non-hydrogen) atoms. The highest BCUT2D eigenvalue weighted by atomic mass is 19.3. The van der Waals surface area contributed by atoms with Gasteiger partial charge in [0.05, 0.1) is 10.6 Å². The average Bonchev–Trinajstić information content (AvgIpc) is 3.17. The second-order valence-electron chi connectivity index (χ2n) is 5.63. The first kappa shape index (κ1) is 19.0. The van der Waals surface area contributed by atoms with Gasteiger partial charge in [0.15, 0.2) is 5.69 Å². The van der Waals surface area contributed by atoms with Crippen LogP contribution in [-0.2, 0) is 6.54 Å². The molecular weight excluding hydrogens is 374 g/mol. The van der Waals surface area contributed by atoms with Crippen LogP contribution >= 0.6 is 0 Å². The Balaban J connectivity index is 1.63. The zero-order valence-corrected chi connectivity index (χ0v) is 14.3. The van der Waals surface area contributed by atoms with Crippen molar-refractivity contribution < 1.29 is 23.2 Å². The molecule has 3 rings (SSSR count). The highest BCUT2D eigenvalue weighted by molar-refractivity contribution is 5.92. The number of alkyl halides is 2. The molecule has 1 aromatic heterocycles. The number of carbonyl (C=O) groups excluding carboxylic acids is 1. The van der Waals surface area contributed by atoms with Gasteiger partial charge in [0, 0.05) is 24.9 Å². The molecule has 2 aromatic carbocycles. The molecule has 0 unspecified atom stereocenters. The number of nitrogens with zero attached hydrogens (tertiary/aromatic N) is 3. The number of hydrogen-bond donors (Lipinski definition) is 1. The fourth-order valence-electron chi connectivity index (χ4n) is 2.40. The van der Waals surface area contributed by atoms with Gasteiger partial charge in [-0.2, -0.15) is 13.9 Å². The summed E-state index contributed by atoms with van der Waals surface area (Å²) in [5.41, 5.74) is 1.18. The number of amides is 1. The predicted molar refractivity (Wildman–Crippen MR) is 94.5 cm³/mol. The molecule has 0 aliphatic carbocycles. The van der Waals surface area contributed by atoms with Gasteiger partial charge in [0.1, 0.15) is 5.75 Å². The first-order chi connectivity index (χ1) is 13.4. The zero-order chi connectivity index (χ0) is 20.1. The first-order valence-corrected chi connectivity index (χ1v) is 8.05. The predicted octanol–water partition coefficient (Wildman–Crippen LogP) is 3.31. The quantitative estimate of drug-likeness (QED) is 0.494. The molecule has 10 heteroatoms. The molecule has 0 atom stereocenters. The van der Waals surface area contributed by atoms with E-state index >= 15 is 0 Å². The van der Waals surface area contributed by atoms with Gasteiger partial charge in [0.25, 0.3) is 11.6 Å². The molecule has 0 saturated heterocycles. The lowest BCUT2D eigenvalue weighted by molar-refractivity contribution is -0.384. The monoisotopic (exact) mass is 388 g/mol. The van der Waals surface area contributed by atoms with Crippen molar-refractivity contribution in [3.8, 4) is 11.4 Å². The van der Waals surface area contributed by atoms with Crippen LogP contribution in [0.3, 0.4) is 0 Å². The average molecular weight is 388 g/mol. The summed E-state index contributed by atoms with van der Waals surface area (Å²) in [4.78, 5) is 22.6. The van der Waals surface area contributed by atoms with Crippen molar-refractivity contribution in [3.63, 3.8) is 0 Å². The summed E-state index contributed by atoms with van der Waals surface area (Å²) in [5.74, 6) is -0.419. The minimum atomic E-state index is -2.90. The Morgan fingerprint density at radius 3 is 2.64 bits per heavy atom. The van der Waals surface area contributed by atoms with Gasteiger partial charge in [-0.05, 0) is 29.8 Å². The van der Waals surface area contributed by atoms with Crippen LogP contribution in [0.2, 0.25) is 0 Å². The fraction of sp³-hybridized carbons (Fsp3) is 0.111. The minimum Gasteiger partial charge on any atom is -0.435 e. The molecule has 0 saturated carbocycles. The van der Waals surface area contributed by atoms with Crippen molar-refractivity contribution in [3.05, 3.63) is 82.2 Å². The molecule has 0 fully saturated rings. The largest absolute Gasteiger partial charge is 0.435 e. The lowest BCUT2D eigenvalue weighted by Crippen LogP contribution is -2.23. The molecule has 0 bridgehead atoms. The normalized spacial score (nSPS) is 10.7. The third kappa shape index (κ3) is 4.67. The summed E-state index contributed by atoms with van der Waals surface area (Å²) < 4.78 is 29.9. The van der Waals surface area contributed by atoms with Crippen LogP contribution < -0.4 is 10.1 Å². The number of nitro benzene ring substituents is 1. The number of rotatable bonds is 7. The van der Waals surface area contributed by atoms with Crippen LogP contribution in [0.4, 0.5) is 14.5 Å². The van der Waals surface area contributed by atoms with Crippen molar-refractivity contribution >= 4 is 11.6 Å². The Labute approximate surface area is 157 Å². The van der Waals surface area contributed by atoms with E-state index in [-0.39, 0.29) is 23.7 Å². The maximum Gasteiger partial charge on any atom is 0.387 e. The summed E-state index contributed by atoms with van der Waals surface area (Å²) >= 11 is 0. The number of hydrogen-bond acceptors (Lipinski definition) is 5. The molecular formula is C18H14F2N4O4. The van der Waals surface area contributed by atoms with Crippen molar-refractivity contribution in [1.29, 1.82) is 0 Å². The van der Waals surface area contributed by atoms with Crippen LogP contribution in [0.5, 0.6) is 5.75 Å². The molecule has 0 aliphatic rings. The summed E-state index contributed by atoms with van der Waals surface area (Å²) in [7, 11) is 0. The van der Waals surface area contributed by atoms with E-state index in [0.717, 1.165) is 0 Å². The maximum absolute atomic E-state index is 12.2. The summed E-state index contributed by atoms with van der Waals surface area (Å²) in [6.45, 7) is -2.73. The lowest BCUT2D eigenvalue weighted by Gasteiger charge is -2.06. The van der Waals surface area contributed by atoms with E-state index in [4.69, 9.17) is 0 Å². The van der Waals surface area contributed by atoms with Gasteiger partial charge in [-0.1, -0.05) is 18.2 Å². The molecule has 0 radical (unpaired) electrons.